The Labute approximate surface area is 128 Å². The molecular formula is C14H21BrN4O. The Hall–Kier alpha value is -1.56. The van der Waals surface area contributed by atoms with Crippen LogP contribution < -0.4 is 16.0 Å². The highest BCUT2D eigenvalue weighted by Gasteiger charge is 2.04. The highest BCUT2D eigenvalue weighted by atomic mass is 79.9. The van der Waals surface area contributed by atoms with Crippen LogP contribution in [0.15, 0.2) is 33.7 Å². The van der Waals surface area contributed by atoms with Gasteiger partial charge < -0.3 is 16.0 Å². The van der Waals surface area contributed by atoms with E-state index in [4.69, 9.17) is 0 Å². The fourth-order valence-electron chi connectivity index (χ4n) is 1.55. The molecule has 0 bridgehead atoms. The maximum absolute atomic E-state index is 11.9. The lowest BCUT2D eigenvalue weighted by Gasteiger charge is -2.11. The van der Waals surface area contributed by atoms with Gasteiger partial charge in [-0.1, -0.05) is 28.9 Å². The number of halogens is 1. The van der Waals surface area contributed by atoms with E-state index < -0.39 is 0 Å². The fourth-order valence-corrected chi connectivity index (χ4v) is 1.95. The molecule has 0 radical (unpaired) electrons. The molecule has 1 rings (SSSR count). The average molecular weight is 341 g/mol. The lowest BCUT2D eigenvalue weighted by molar-refractivity contribution is 0.0954. The van der Waals surface area contributed by atoms with Crippen molar-refractivity contribution in [2.45, 2.75) is 13.3 Å². The molecule has 0 aromatic heterocycles. The van der Waals surface area contributed by atoms with Crippen LogP contribution in [0.3, 0.4) is 0 Å². The molecule has 0 saturated heterocycles. The molecule has 0 aliphatic rings. The molecule has 1 amide bonds. The Kier molecular flexibility index (Phi) is 7.72. The summed E-state index contributed by atoms with van der Waals surface area (Å²) in [6, 6.07) is 7.31. The number of benzene rings is 1. The molecule has 1 aromatic carbocycles. The molecule has 0 atom stereocenters. The quantitative estimate of drug-likeness (QED) is 0.420. The molecule has 6 heteroatoms. The van der Waals surface area contributed by atoms with Crippen LogP contribution in [-0.2, 0) is 0 Å². The number of guanidine groups is 1. The van der Waals surface area contributed by atoms with Crippen molar-refractivity contribution in [3.05, 3.63) is 34.3 Å². The first kappa shape index (κ1) is 16.5. The zero-order chi connectivity index (χ0) is 14.8. The van der Waals surface area contributed by atoms with Gasteiger partial charge in [0.2, 0.25) is 0 Å². The van der Waals surface area contributed by atoms with E-state index in [9.17, 15) is 4.79 Å². The van der Waals surface area contributed by atoms with E-state index in [-0.39, 0.29) is 5.91 Å². The molecule has 0 aliphatic carbocycles. The van der Waals surface area contributed by atoms with Crippen molar-refractivity contribution in [2.75, 3.05) is 26.7 Å². The second-order valence-corrected chi connectivity index (χ2v) is 5.11. The first-order valence-electron chi connectivity index (χ1n) is 6.65. The van der Waals surface area contributed by atoms with Gasteiger partial charge in [-0.05, 0) is 24.6 Å². The molecule has 20 heavy (non-hydrogen) atoms. The second kappa shape index (κ2) is 9.36. The Morgan fingerprint density at radius 3 is 2.55 bits per heavy atom. The maximum atomic E-state index is 11.9. The van der Waals surface area contributed by atoms with Gasteiger partial charge >= 0.3 is 0 Å². The highest BCUT2D eigenvalue weighted by molar-refractivity contribution is 9.10. The van der Waals surface area contributed by atoms with Gasteiger partial charge in [-0.3, -0.25) is 9.79 Å². The van der Waals surface area contributed by atoms with E-state index in [0.29, 0.717) is 18.7 Å². The summed E-state index contributed by atoms with van der Waals surface area (Å²) in [6.07, 6.45) is 1.04. The van der Waals surface area contributed by atoms with Crippen LogP contribution in [0, 0.1) is 0 Å². The third-order valence-electron chi connectivity index (χ3n) is 2.56. The first-order valence-corrected chi connectivity index (χ1v) is 7.45. The van der Waals surface area contributed by atoms with E-state index in [1.165, 1.54) is 0 Å². The zero-order valence-corrected chi connectivity index (χ0v) is 13.5. The summed E-state index contributed by atoms with van der Waals surface area (Å²) in [6.45, 7) is 4.14. The van der Waals surface area contributed by atoms with Crippen LogP contribution in [0.1, 0.15) is 23.7 Å². The van der Waals surface area contributed by atoms with Crippen LogP contribution in [0.2, 0.25) is 0 Å². The van der Waals surface area contributed by atoms with Crippen LogP contribution in [0.25, 0.3) is 0 Å². The van der Waals surface area contributed by atoms with Crippen molar-refractivity contribution in [3.8, 4) is 0 Å². The average Bonchev–Trinajstić information content (AvgIpc) is 2.46. The molecule has 5 nitrogen and oxygen atoms in total. The third-order valence-corrected chi connectivity index (χ3v) is 3.05. The number of carbonyl (C=O) groups is 1. The summed E-state index contributed by atoms with van der Waals surface area (Å²) in [5, 5.41) is 9.16. The van der Waals surface area contributed by atoms with Gasteiger partial charge in [0.05, 0.1) is 0 Å². The molecule has 0 heterocycles. The Balaban J connectivity index is 2.28. The maximum Gasteiger partial charge on any atom is 0.251 e. The predicted octanol–water partition coefficient (Wildman–Crippen LogP) is 1.75. The molecule has 3 N–H and O–H groups in total. The summed E-state index contributed by atoms with van der Waals surface area (Å²) in [4.78, 5) is 16.0. The second-order valence-electron chi connectivity index (χ2n) is 4.19. The van der Waals surface area contributed by atoms with Crippen molar-refractivity contribution in [3.63, 3.8) is 0 Å². The molecule has 0 spiro atoms. The van der Waals surface area contributed by atoms with Gasteiger partial charge in [-0.15, -0.1) is 0 Å². The standard InChI is InChI=1S/C14H21BrN4O/c1-3-7-18-14(16-2)19-9-8-17-13(20)11-5-4-6-12(15)10-11/h4-6,10H,3,7-9H2,1-2H3,(H,17,20)(H2,16,18,19). The molecule has 0 fully saturated rings. The number of hydrogen-bond acceptors (Lipinski definition) is 2. The van der Waals surface area contributed by atoms with Crippen LogP contribution in [-0.4, -0.2) is 38.5 Å². The molecule has 0 unspecified atom stereocenters. The SMILES string of the molecule is CCCNC(=NC)NCCNC(=O)c1cccc(Br)c1. The number of aliphatic imine (C=N–C) groups is 1. The molecule has 110 valence electrons. The lowest BCUT2D eigenvalue weighted by Crippen LogP contribution is -2.41. The van der Waals surface area contributed by atoms with E-state index >= 15 is 0 Å². The lowest BCUT2D eigenvalue weighted by atomic mass is 10.2. The number of hydrogen-bond donors (Lipinski definition) is 3. The smallest absolute Gasteiger partial charge is 0.251 e. The van der Waals surface area contributed by atoms with Crippen LogP contribution >= 0.6 is 15.9 Å². The van der Waals surface area contributed by atoms with Crippen molar-refractivity contribution in [2.24, 2.45) is 4.99 Å². The van der Waals surface area contributed by atoms with E-state index in [0.717, 1.165) is 23.4 Å². The van der Waals surface area contributed by atoms with Gasteiger partial charge in [-0.25, -0.2) is 0 Å². The minimum atomic E-state index is -0.0791. The van der Waals surface area contributed by atoms with E-state index in [1.54, 1.807) is 19.2 Å². The van der Waals surface area contributed by atoms with E-state index in [1.807, 2.05) is 12.1 Å². The molecule has 1 aromatic rings. The zero-order valence-electron chi connectivity index (χ0n) is 11.9. The summed E-state index contributed by atoms with van der Waals surface area (Å²) in [5.74, 6) is 0.674. The number of carbonyl (C=O) groups excluding carboxylic acids is 1. The minimum absolute atomic E-state index is 0.0791. The summed E-state index contributed by atoms with van der Waals surface area (Å²) >= 11 is 3.35. The third kappa shape index (κ3) is 6.06. The number of rotatable bonds is 6. The Morgan fingerprint density at radius 2 is 1.90 bits per heavy atom. The first-order chi connectivity index (χ1) is 9.67. The number of nitrogens with zero attached hydrogens (tertiary/aromatic N) is 1. The number of nitrogens with one attached hydrogen (secondary N) is 3. The summed E-state index contributed by atoms with van der Waals surface area (Å²) in [7, 11) is 1.73. The Morgan fingerprint density at radius 1 is 1.20 bits per heavy atom. The number of amides is 1. The van der Waals surface area contributed by atoms with Gasteiger partial charge in [0, 0.05) is 36.7 Å². The highest BCUT2D eigenvalue weighted by Crippen LogP contribution is 2.11. The molecular weight excluding hydrogens is 320 g/mol. The van der Waals surface area contributed by atoms with Gasteiger partial charge in [0.15, 0.2) is 5.96 Å². The normalized spacial score (nSPS) is 11.1. The van der Waals surface area contributed by atoms with Crippen molar-refractivity contribution in [1.29, 1.82) is 0 Å². The topological polar surface area (TPSA) is 65.5 Å². The van der Waals surface area contributed by atoms with Crippen molar-refractivity contribution in [1.82, 2.24) is 16.0 Å². The van der Waals surface area contributed by atoms with Crippen molar-refractivity contribution < 1.29 is 4.79 Å². The fraction of sp³-hybridized carbons (Fsp3) is 0.429. The van der Waals surface area contributed by atoms with Crippen LogP contribution in [0.5, 0.6) is 0 Å². The Bertz CT molecular complexity index is 462. The summed E-state index contributed by atoms with van der Waals surface area (Å²) < 4.78 is 0.896. The van der Waals surface area contributed by atoms with Crippen LogP contribution in [0.4, 0.5) is 0 Å². The molecule has 0 saturated carbocycles. The monoisotopic (exact) mass is 340 g/mol. The predicted molar refractivity (Wildman–Crippen MR) is 86.1 cm³/mol. The molecule has 0 aliphatic heterocycles. The van der Waals surface area contributed by atoms with Gasteiger partial charge in [0.25, 0.3) is 5.91 Å². The minimum Gasteiger partial charge on any atom is -0.356 e. The van der Waals surface area contributed by atoms with Gasteiger partial charge in [-0.2, -0.15) is 0 Å². The van der Waals surface area contributed by atoms with Gasteiger partial charge in [0.1, 0.15) is 0 Å². The van der Waals surface area contributed by atoms with E-state index in [2.05, 4.69) is 43.8 Å². The van der Waals surface area contributed by atoms with Crippen molar-refractivity contribution >= 4 is 27.8 Å². The summed E-state index contributed by atoms with van der Waals surface area (Å²) in [5.41, 5.74) is 0.646. The largest absolute Gasteiger partial charge is 0.356 e.